The quantitative estimate of drug-likeness (QED) is 0.585. The Hall–Kier alpha value is -3.61. The summed E-state index contributed by atoms with van der Waals surface area (Å²) in [7, 11) is 1.85. The maximum atomic E-state index is 12.7. The van der Waals surface area contributed by atoms with E-state index in [0.717, 1.165) is 11.0 Å². The molecule has 0 fully saturated rings. The van der Waals surface area contributed by atoms with E-state index in [1.807, 2.05) is 66.2 Å². The smallest absolute Gasteiger partial charge is 0.280 e. The van der Waals surface area contributed by atoms with E-state index in [1.54, 1.807) is 6.92 Å². The molecular formula is C20H18N4O3. The fourth-order valence-electron chi connectivity index (χ4n) is 2.83. The number of anilines is 1. The summed E-state index contributed by atoms with van der Waals surface area (Å²) < 4.78 is 12.8. The molecule has 1 N–H and O–H groups in total. The fourth-order valence-corrected chi connectivity index (χ4v) is 2.83. The monoisotopic (exact) mass is 362 g/mol. The van der Waals surface area contributed by atoms with Gasteiger partial charge in [-0.1, -0.05) is 35.5 Å². The van der Waals surface area contributed by atoms with Crippen LogP contribution in [-0.4, -0.2) is 20.6 Å². The average molecular weight is 362 g/mol. The van der Waals surface area contributed by atoms with E-state index in [4.69, 9.17) is 9.26 Å². The molecule has 0 atom stereocenters. The maximum Gasteiger partial charge on any atom is 0.280 e. The summed E-state index contributed by atoms with van der Waals surface area (Å²) in [6.07, 6.45) is 0. The van der Waals surface area contributed by atoms with Gasteiger partial charge in [0.05, 0.1) is 16.6 Å². The van der Waals surface area contributed by atoms with Gasteiger partial charge < -0.3 is 13.8 Å². The molecule has 2 heterocycles. The SMILES string of the molecule is Cc1onc(C(=O)Nc2nc3ccccc3n2C)c1COc1ccccc1. The zero-order valence-corrected chi connectivity index (χ0v) is 15.0. The minimum absolute atomic E-state index is 0.185. The molecule has 0 bridgehead atoms. The largest absolute Gasteiger partial charge is 0.489 e. The highest BCUT2D eigenvalue weighted by Crippen LogP contribution is 2.21. The molecule has 1 amide bonds. The van der Waals surface area contributed by atoms with Gasteiger partial charge >= 0.3 is 0 Å². The number of hydrogen-bond acceptors (Lipinski definition) is 5. The van der Waals surface area contributed by atoms with Gasteiger partial charge in [-0.05, 0) is 31.2 Å². The van der Waals surface area contributed by atoms with Gasteiger partial charge in [0, 0.05) is 7.05 Å². The molecule has 4 aromatic rings. The Balaban J connectivity index is 1.56. The molecular weight excluding hydrogens is 344 g/mol. The highest BCUT2D eigenvalue weighted by atomic mass is 16.5. The van der Waals surface area contributed by atoms with Crippen molar-refractivity contribution in [1.82, 2.24) is 14.7 Å². The summed E-state index contributed by atoms with van der Waals surface area (Å²) in [4.78, 5) is 17.2. The molecule has 0 aliphatic rings. The van der Waals surface area contributed by atoms with Crippen molar-refractivity contribution in [2.75, 3.05) is 5.32 Å². The van der Waals surface area contributed by atoms with Crippen molar-refractivity contribution in [3.63, 3.8) is 0 Å². The van der Waals surface area contributed by atoms with Crippen molar-refractivity contribution in [2.24, 2.45) is 7.05 Å². The molecule has 4 rings (SSSR count). The number of fused-ring (bicyclic) bond motifs is 1. The number of benzene rings is 2. The first-order chi connectivity index (χ1) is 13.1. The van der Waals surface area contributed by atoms with E-state index in [2.05, 4.69) is 15.5 Å². The Labute approximate surface area is 155 Å². The second-order valence-electron chi connectivity index (χ2n) is 6.10. The van der Waals surface area contributed by atoms with Crippen LogP contribution in [0.1, 0.15) is 21.8 Å². The molecule has 7 heteroatoms. The number of ether oxygens (including phenoxy) is 1. The number of nitrogens with one attached hydrogen (secondary N) is 1. The molecule has 0 spiro atoms. The number of aryl methyl sites for hydroxylation is 2. The molecule has 136 valence electrons. The van der Waals surface area contributed by atoms with Crippen LogP contribution in [0.3, 0.4) is 0 Å². The maximum absolute atomic E-state index is 12.7. The lowest BCUT2D eigenvalue weighted by atomic mass is 10.2. The van der Waals surface area contributed by atoms with Crippen molar-refractivity contribution in [3.05, 3.63) is 71.6 Å². The Bertz CT molecular complexity index is 1100. The highest BCUT2D eigenvalue weighted by molar-refractivity contribution is 6.03. The number of hydrogen-bond donors (Lipinski definition) is 1. The zero-order chi connectivity index (χ0) is 18.8. The van der Waals surface area contributed by atoms with Crippen LogP contribution >= 0.6 is 0 Å². The first kappa shape index (κ1) is 16.8. The molecule has 2 aromatic carbocycles. The predicted molar refractivity (Wildman–Crippen MR) is 101 cm³/mol. The average Bonchev–Trinajstić information content (AvgIpc) is 3.21. The first-order valence-electron chi connectivity index (χ1n) is 8.49. The Morgan fingerprint density at radius 1 is 1.15 bits per heavy atom. The van der Waals surface area contributed by atoms with Gasteiger partial charge in [0.25, 0.3) is 5.91 Å². The lowest BCUT2D eigenvalue weighted by molar-refractivity contribution is 0.101. The van der Waals surface area contributed by atoms with Gasteiger partial charge in [-0.3, -0.25) is 10.1 Å². The predicted octanol–water partition coefficient (Wildman–Crippen LogP) is 3.70. The van der Waals surface area contributed by atoms with Gasteiger partial charge in [0.1, 0.15) is 18.1 Å². The molecule has 0 radical (unpaired) electrons. The molecule has 0 saturated carbocycles. The van der Waals surface area contributed by atoms with Crippen molar-refractivity contribution in [2.45, 2.75) is 13.5 Å². The number of nitrogens with zero attached hydrogens (tertiary/aromatic N) is 3. The van der Waals surface area contributed by atoms with Crippen LogP contribution in [0.25, 0.3) is 11.0 Å². The van der Waals surface area contributed by atoms with Crippen LogP contribution in [0.4, 0.5) is 5.95 Å². The van der Waals surface area contributed by atoms with E-state index in [0.29, 0.717) is 23.0 Å². The van der Waals surface area contributed by atoms with Crippen molar-refractivity contribution in [3.8, 4) is 5.75 Å². The fraction of sp³-hybridized carbons (Fsp3) is 0.150. The number of amides is 1. The van der Waals surface area contributed by atoms with Crippen LogP contribution in [-0.2, 0) is 13.7 Å². The number of aromatic nitrogens is 3. The van der Waals surface area contributed by atoms with Crippen LogP contribution in [0.15, 0.2) is 59.1 Å². The Morgan fingerprint density at radius 2 is 1.89 bits per heavy atom. The minimum Gasteiger partial charge on any atom is -0.489 e. The van der Waals surface area contributed by atoms with Crippen molar-refractivity contribution >= 4 is 22.9 Å². The minimum atomic E-state index is -0.392. The number of rotatable bonds is 5. The highest BCUT2D eigenvalue weighted by Gasteiger charge is 2.22. The van der Waals surface area contributed by atoms with Crippen LogP contribution in [0, 0.1) is 6.92 Å². The van der Waals surface area contributed by atoms with Crippen LogP contribution < -0.4 is 10.1 Å². The van der Waals surface area contributed by atoms with Crippen LogP contribution in [0.5, 0.6) is 5.75 Å². The Kier molecular flexibility index (Phi) is 4.33. The molecule has 0 saturated heterocycles. The second kappa shape index (κ2) is 6.95. The lowest BCUT2D eigenvalue weighted by Gasteiger charge is -2.07. The first-order valence-corrected chi connectivity index (χ1v) is 8.49. The third-order valence-corrected chi connectivity index (χ3v) is 4.34. The van der Waals surface area contributed by atoms with E-state index < -0.39 is 5.91 Å². The second-order valence-corrected chi connectivity index (χ2v) is 6.10. The molecule has 0 aliphatic heterocycles. The normalized spacial score (nSPS) is 10.9. The van der Waals surface area contributed by atoms with E-state index >= 15 is 0 Å². The zero-order valence-electron chi connectivity index (χ0n) is 15.0. The van der Waals surface area contributed by atoms with Gasteiger partial charge in [0.15, 0.2) is 5.69 Å². The lowest BCUT2D eigenvalue weighted by Crippen LogP contribution is -2.17. The third-order valence-electron chi connectivity index (χ3n) is 4.34. The van der Waals surface area contributed by atoms with Gasteiger partial charge in [0.2, 0.25) is 5.95 Å². The van der Waals surface area contributed by atoms with Crippen molar-refractivity contribution < 1.29 is 14.1 Å². The number of imidazole rings is 1. The van der Waals surface area contributed by atoms with E-state index in [1.165, 1.54) is 0 Å². The summed E-state index contributed by atoms with van der Waals surface area (Å²) in [5, 5.41) is 6.71. The van der Waals surface area contributed by atoms with E-state index in [-0.39, 0.29) is 12.3 Å². The number of para-hydroxylation sites is 3. The van der Waals surface area contributed by atoms with E-state index in [9.17, 15) is 4.79 Å². The molecule has 7 nitrogen and oxygen atoms in total. The third kappa shape index (κ3) is 3.27. The number of carbonyl (C=O) groups excluding carboxylic acids is 1. The van der Waals surface area contributed by atoms with Gasteiger partial charge in [-0.15, -0.1) is 0 Å². The topological polar surface area (TPSA) is 82.2 Å². The van der Waals surface area contributed by atoms with Gasteiger partial charge in [-0.25, -0.2) is 4.98 Å². The summed E-state index contributed by atoms with van der Waals surface area (Å²) in [6.45, 7) is 1.94. The van der Waals surface area contributed by atoms with Gasteiger partial charge in [-0.2, -0.15) is 0 Å². The number of carbonyl (C=O) groups is 1. The standard InChI is InChI=1S/C20H18N4O3/c1-13-15(12-26-14-8-4-3-5-9-14)18(23-27-13)19(25)22-20-21-16-10-6-7-11-17(16)24(20)2/h3-11H,12H2,1-2H3,(H,21,22,25). The van der Waals surface area contributed by atoms with Crippen molar-refractivity contribution in [1.29, 1.82) is 0 Å². The van der Waals surface area contributed by atoms with Crippen LogP contribution in [0.2, 0.25) is 0 Å². The molecule has 27 heavy (non-hydrogen) atoms. The molecule has 0 aliphatic carbocycles. The molecule has 2 aromatic heterocycles. The summed E-state index contributed by atoms with van der Waals surface area (Å²) in [5.74, 6) is 1.30. The molecule has 0 unspecified atom stereocenters. The summed E-state index contributed by atoms with van der Waals surface area (Å²) >= 11 is 0. The summed E-state index contributed by atoms with van der Waals surface area (Å²) in [6, 6.07) is 17.0. The Morgan fingerprint density at radius 3 is 2.67 bits per heavy atom. The summed E-state index contributed by atoms with van der Waals surface area (Å²) in [5.41, 5.74) is 2.53.